The molecule has 0 aliphatic carbocycles. The van der Waals surface area contributed by atoms with E-state index in [0.717, 1.165) is 24.2 Å². The number of phenols is 1. The number of amides is 1. The van der Waals surface area contributed by atoms with Crippen molar-refractivity contribution in [1.82, 2.24) is 9.80 Å². The van der Waals surface area contributed by atoms with Crippen LogP contribution >= 0.6 is 0 Å². The number of Topliss-reactive ketones (excluding diaryl/α,β-unsaturated/α-hetero) is 1. The summed E-state index contributed by atoms with van der Waals surface area (Å²) in [5.74, 6) is -1.62. The number of aliphatic hydroxyl groups excluding tert-OH is 1. The van der Waals surface area contributed by atoms with Gasteiger partial charge in [-0.3, -0.25) is 14.5 Å². The van der Waals surface area contributed by atoms with Gasteiger partial charge >= 0.3 is 0 Å². The summed E-state index contributed by atoms with van der Waals surface area (Å²) in [6.45, 7) is 7.94. The third-order valence-corrected chi connectivity index (χ3v) is 6.59. The maximum Gasteiger partial charge on any atom is 0.290 e. The number of rotatable bonds is 9. The molecule has 35 heavy (non-hydrogen) atoms. The number of aryl methyl sites for hydroxylation is 1. The first-order valence-electron chi connectivity index (χ1n) is 11.8. The van der Waals surface area contributed by atoms with Gasteiger partial charge in [-0.2, -0.15) is 0 Å². The molecule has 4 rings (SSSR count). The SMILES string of the molecule is CCN(CC)C(CN1C(=O)C(O)=C(C(=O)c2ccco2)C1c1ccc(O)cc1)c1ccc(C)cc1. The molecular weight excluding hydrogens is 444 g/mol. The van der Waals surface area contributed by atoms with Gasteiger partial charge in [0.15, 0.2) is 11.5 Å². The summed E-state index contributed by atoms with van der Waals surface area (Å²) in [5, 5.41) is 20.7. The van der Waals surface area contributed by atoms with Gasteiger partial charge in [0.25, 0.3) is 5.91 Å². The maximum absolute atomic E-state index is 13.4. The molecule has 2 unspecified atom stereocenters. The van der Waals surface area contributed by atoms with E-state index in [1.54, 1.807) is 23.1 Å². The average Bonchev–Trinajstić information content (AvgIpc) is 3.48. The molecule has 2 atom stereocenters. The predicted molar refractivity (Wildman–Crippen MR) is 132 cm³/mol. The summed E-state index contributed by atoms with van der Waals surface area (Å²) in [6, 6.07) is 16.6. The number of phenolic OH excluding ortho intramolecular Hbond substituents is 1. The molecule has 0 spiro atoms. The largest absolute Gasteiger partial charge is 0.508 e. The lowest BCUT2D eigenvalue weighted by Gasteiger charge is -2.36. The fourth-order valence-electron chi connectivity index (χ4n) is 4.69. The predicted octanol–water partition coefficient (Wildman–Crippen LogP) is 4.96. The highest BCUT2D eigenvalue weighted by atomic mass is 16.3. The summed E-state index contributed by atoms with van der Waals surface area (Å²) in [6.07, 6.45) is 1.38. The van der Waals surface area contributed by atoms with Gasteiger partial charge in [0, 0.05) is 6.54 Å². The summed E-state index contributed by atoms with van der Waals surface area (Å²) in [7, 11) is 0. The van der Waals surface area contributed by atoms with Gasteiger partial charge in [0.05, 0.1) is 23.9 Å². The first kappa shape index (κ1) is 24.3. The zero-order valence-corrected chi connectivity index (χ0v) is 20.1. The second-order valence-corrected chi connectivity index (χ2v) is 8.67. The van der Waals surface area contributed by atoms with Crippen molar-refractivity contribution in [3.05, 3.63) is 101 Å². The van der Waals surface area contributed by atoms with Crippen LogP contribution < -0.4 is 0 Å². The Morgan fingerprint density at radius 2 is 1.69 bits per heavy atom. The van der Waals surface area contributed by atoms with Crippen molar-refractivity contribution in [2.24, 2.45) is 0 Å². The fourth-order valence-corrected chi connectivity index (χ4v) is 4.69. The highest BCUT2D eigenvalue weighted by molar-refractivity contribution is 6.15. The molecule has 1 aliphatic rings. The van der Waals surface area contributed by atoms with E-state index in [1.165, 1.54) is 24.5 Å². The number of ketones is 1. The number of hydrogen-bond acceptors (Lipinski definition) is 6. The van der Waals surface area contributed by atoms with Crippen molar-refractivity contribution >= 4 is 11.7 Å². The smallest absolute Gasteiger partial charge is 0.290 e. The van der Waals surface area contributed by atoms with Crippen LogP contribution in [0.25, 0.3) is 0 Å². The number of carbonyl (C=O) groups is 2. The van der Waals surface area contributed by atoms with E-state index in [0.29, 0.717) is 5.56 Å². The number of likely N-dealkylation sites (N-methyl/N-ethyl adjacent to an activating group) is 1. The zero-order valence-electron chi connectivity index (χ0n) is 20.1. The number of benzene rings is 2. The van der Waals surface area contributed by atoms with Crippen molar-refractivity contribution in [2.75, 3.05) is 19.6 Å². The summed E-state index contributed by atoms with van der Waals surface area (Å²) in [5.41, 5.74) is 2.76. The van der Waals surface area contributed by atoms with E-state index in [9.17, 15) is 19.8 Å². The molecule has 0 bridgehead atoms. The van der Waals surface area contributed by atoms with Gasteiger partial charge in [-0.15, -0.1) is 0 Å². The van der Waals surface area contributed by atoms with E-state index in [4.69, 9.17) is 4.42 Å². The molecule has 0 saturated heterocycles. The molecule has 3 aromatic rings. The molecule has 2 aromatic carbocycles. The lowest BCUT2D eigenvalue weighted by Crippen LogP contribution is -2.41. The Balaban J connectivity index is 1.79. The van der Waals surface area contributed by atoms with E-state index < -0.39 is 23.5 Å². The summed E-state index contributed by atoms with van der Waals surface area (Å²) >= 11 is 0. The normalized spacial score (nSPS) is 16.9. The minimum Gasteiger partial charge on any atom is -0.508 e. The molecule has 1 amide bonds. The van der Waals surface area contributed by atoms with Crippen LogP contribution in [0.15, 0.2) is 82.7 Å². The van der Waals surface area contributed by atoms with Gasteiger partial charge in [0.2, 0.25) is 5.78 Å². The number of aliphatic hydroxyl groups is 1. The molecule has 182 valence electrons. The Kier molecular flexibility index (Phi) is 7.07. The number of aromatic hydroxyl groups is 1. The minimum atomic E-state index is -0.829. The van der Waals surface area contributed by atoms with Crippen LogP contribution in [0.5, 0.6) is 5.75 Å². The molecule has 1 aromatic heterocycles. The van der Waals surface area contributed by atoms with Gasteiger partial charge in [-0.1, -0.05) is 55.8 Å². The number of furan rings is 1. The van der Waals surface area contributed by atoms with Crippen LogP contribution in [0.1, 0.15) is 53.2 Å². The van der Waals surface area contributed by atoms with E-state index in [-0.39, 0.29) is 29.7 Å². The van der Waals surface area contributed by atoms with Crippen molar-refractivity contribution in [3.63, 3.8) is 0 Å². The monoisotopic (exact) mass is 474 g/mol. The van der Waals surface area contributed by atoms with Crippen LogP contribution in [0.2, 0.25) is 0 Å². The van der Waals surface area contributed by atoms with Crippen LogP contribution in [0.4, 0.5) is 0 Å². The lowest BCUT2D eigenvalue weighted by atomic mass is 9.94. The van der Waals surface area contributed by atoms with Crippen LogP contribution in [-0.4, -0.2) is 51.3 Å². The fraction of sp³-hybridized carbons (Fsp3) is 0.286. The third kappa shape index (κ3) is 4.72. The van der Waals surface area contributed by atoms with Crippen molar-refractivity contribution in [2.45, 2.75) is 32.9 Å². The van der Waals surface area contributed by atoms with Gasteiger partial charge in [-0.25, -0.2) is 0 Å². The Morgan fingerprint density at radius 3 is 2.26 bits per heavy atom. The van der Waals surface area contributed by atoms with Crippen LogP contribution in [0.3, 0.4) is 0 Å². The van der Waals surface area contributed by atoms with E-state index >= 15 is 0 Å². The summed E-state index contributed by atoms with van der Waals surface area (Å²) < 4.78 is 5.29. The number of nitrogens with zero attached hydrogens (tertiary/aromatic N) is 2. The van der Waals surface area contributed by atoms with E-state index in [2.05, 4.69) is 30.9 Å². The molecule has 2 N–H and O–H groups in total. The van der Waals surface area contributed by atoms with Crippen molar-refractivity contribution < 1.29 is 24.2 Å². The maximum atomic E-state index is 13.4. The Labute approximate surface area is 204 Å². The summed E-state index contributed by atoms with van der Waals surface area (Å²) in [4.78, 5) is 30.6. The first-order valence-corrected chi connectivity index (χ1v) is 11.8. The standard InChI is InChI=1S/C28H30N2O5/c1-4-29(5-2)22(19-10-8-18(3)9-11-19)17-30-25(20-12-14-21(31)15-13-20)24(27(33)28(30)34)26(32)23-7-6-16-35-23/h6-16,22,25,31,33H,4-5,17H2,1-3H3. The third-order valence-electron chi connectivity index (χ3n) is 6.59. The molecule has 2 heterocycles. The molecule has 0 radical (unpaired) electrons. The molecule has 1 aliphatic heterocycles. The lowest BCUT2D eigenvalue weighted by molar-refractivity contribution is -0.130. The van der Waals surface area contributed by atoms with Crippen molar-refractivity contribution in [3.8, 4) is 5.75 Å². The van der Waals surface area contributed by atoms with Gasteiger partial charge < -0.3 is 19.5 Å². The highest BCUT2D eigenvalue weighted by Crippen LogP contribution is 2.41. The molecule has 7 nitrogen and oxygen atoms in total. The first-order chi connectivity index (χ1) is 16.8. The second kappa shape index (κ2) is 10.2. The Morgan fingerprint density at radius 1 is 1.03 bits per heavy atom. The number of hydrogen-bond donors (Lipinski definition) is 2. The molecular formula is C28H30N2O5. The topological polar surface area (TPSA) is 94.2 Å². The molecule has 7 heteroatoms. The second-order valence-electron chi connectivity index (χ2n) is 8.67. The van der Waals surface area contributed by atoms with Gasteiger partial charge in [0.1, 0.15) is 5.75 Å². The molecule has 0 saturated carbocycles. The highest BCUT2D eigenvalue weighted by Gasteiger charge is 2.45. The number of carbonyl (C=O) groups excluding carboxylic acids is 2. The van der Waals surface area contributed by atoms with Gasteiger partial charge in [-0.05, 0) is 55.4 Å². The van der Waals surface area contributed by atoms with Crippen molar-refractivity contribution in [1.29, 1.82) is 0 Å². The minimum absolute atomic E-state index is 0.0298. The van der Waals surface area contributed by atoms with E-state index in [1.807, 2.05) is 19.1 Å². The molecule has 0 fully saturated rings. The van der Waals surface area contributed by atoms with Crippen LogP contribution in [0, 0.1) is 6.92 Å². The average molecular weight is 475 g/mol. The quantitative estimate of drug-likeness (QED) is 0.426. The Hall–Kier alpha value is -3.84. The van der Waals surface area contributed by atoms with Crippen LogP contribution in [-0.2, 0) is 4.79 Å². The zero-order chi connectivity index (χ0) is 25.1. The Bertz CT molecular complexity index is 1210.